The third-order valence-electron chi connectivity index (χ3n) is 3.26. The highest BCUT2D eigenvalue weighted by molar-refractivity contribution is 5.79. The Balaban J connectivity index is 2.24. The van der Waals surface area contributed by atoms with Gasteiger partial charge < -0.3 is 10.4 Å². The molecule has 0 radical (unpaired) electrons. The third kappa shape index (κ3) is 2.33. The van der Waals surface area contributed by atoms with Crippen LogP contribution in [0.25, 0.3) is 0 Å². The molecular weight excluding hydrogens is 250 g/mol. The molecule has 1 aliphatic rings. The molecule has 7 nitrogen and oxygen atoms in total. The third-order valence-corrected chi connectivity index (χ3v) is 3.26. The number of hydrogen-bond donors (Lipinski definition) is 2. The van der Waals surface area contributed by atoms with Gasteiger partial charge in [0.15, 0.2) is 0 Å². The maximum atomic E-state index is 11.0. The number of benzene rings is 1. The average Bonchev–Trinajstić information content (AvgIpc) is 3.16. The molecule has 0 amide bonds. The molecule has 1 saturated carbocycles. The number of hydrogen-bond acceptors (Lipinski definition) is 5. The molecule has 0 heterocycles. The van der Waals surface area contributed by atoms with Gasteiger partial charge in [0, 0.05) is 6.54 Å². The zero-order chi connectivity index (χ0) is 14.0. The van der Waals surface area contributed by atoms with E-state index in [0.717, 1.165) is 0 Å². The van der Waals surface area contributed by atoms with Crippen molar-refractivity contribution in [2.75, 3.05) is 11.9 Å². The summed E-state index contributed by atoms with van der Waals surface area (Å²) < 4.78 is 0. The summed E-state index contributed by atoms with van der Waals surface area (Å²) in [4.78, 5) is 21.4. The van der Waals surface area contributed by atoms with E-state index in [2.05, 4.69) is 5.32 Å². The highest BCUT2D eigenvalue weighted by Crippen LogP contribution is 2.46. The van der Waals surface area contributed by atoms with Crippen molar-refractivity contribution in [3.05, 3.63) is 33.9 Å². The van der Waals surface area contributed by atoms with Crippen molar-refractivity contribution >= 4 is 17.3 Å². The van der Waals surface area contributed by atoms with Crippen LogP contribution in [-0.2, 0) is 4.79 Å². The Labute approximate surface area is 108 Å². The molecule has 1 aromatic rings. The number of nitro groups is 1. The maximum Gasteiger partial charge on any atom is 0.311 e. The molecule has 0 aliphatic heterocycles. The number of aliphatic carboxylic acids is 1. The lowest BCUT2D eigenvalue weighted by atomic mass is 10.1. The fraction of sp³-hybridized carbons (Fsp3) is 0.333. The second-order valence-corrected chi connectivity index (χ2v) is 4.51. The van der Waals surface area contributed by atoms with Gasteiger partial charge in [0.1, 0.15) is 17.3 Å². The molecule has 0 saturated heterocycles. The van der Waals surface area contributed by atoms with Crippen molar-refractivity contribution in [2.24, 2.45) is 5.41 Å². The number of nitriles is 1. The van der Waals surface area contributed by atoms with E-state index < -0.39 is 16.3 Å². The van der Waals surface area contributed by atoms with Crippen LogP contribution in [-0.4, -0.2) is 22.5 Å². The smallest absolute Gasteiger partial charge is 0.311 e. The monoisotopic (exact) mass is 261 g/mol. The maximum absolute atomic E-state index is 11.0. The molecule has 0 unspecified atom stereocenters. The Bertz CT molecular complexity index is 587. The fourth-order valence-electron chi connectivity index (χ4n) is 1.85. The van der Waals surface area contributed by atoms with E-state index in [1.165, 1.54) is 18.2 Å². The van der Waals surface area contributed by atoms with Gasteiger partial charge in [-0.15, -0.1) is 0 Å². The molecule has 19 heavy (non-hydrogen) atoms. The first kappa shape index (κ1) is 12.8. The van der Waals surface area contributed by atoms with Crippen LogP contribution in [0.4, 0.5) is 11.4 Å². The summed E-state index contributed by atoms with van der Waals surface area (Å²) in [5.74, 6) is -0.904. The van der Waals surface area contributed by atoms with E-state index in [1.54, 1.807) is 6.07 Å². The Morgan fingerprint density at radius 2 is 2.26 bits per heavy atom. The molecule has 0 spiro atoms. The standard InChI is InChI=1S/C12H11N3O4/c13-6-8-2-1-3-9(10(8)15(18)19)14-7-12(4-5-12)11(16)17/h1-3,14H,4-5,7H2,(H,16,17). The van der Waals surface area contributed by atoms with Crippen LogP contribution < -0.4 is 5.32 Å². The lowest BCUT2D eigenvalue weighted by molar-refractivity contribution is -0.384. The van der Waals surface area contributed by atoms with Gasteiger partial charge in [0.05, 0.1) is 10.3 Å². The molecule has 0 aromatic heterocycles. The zero-order valence-electron chi connectivity index (χ0n) is 9.92. The number of carboxylic acids is 1. The van der Waals surface area contributed by atoms with Gasteiger partial charge in [-0.05, 0) is 25.0 Å². The van der Waals surface area contributed by atoms with E-state index in [0.29, 0.717) is 12.8 Å². The minimum atomic E-state index is -0.904. The summed E-state index contributed by atoms with van der Waals surface area (Å²) >= 11 is 0. The van der Waals surface area contributed by atoms with Gasteiger partial charge in [-0.3, -0.25) is 14.9 Å². The van der Waals surface area contributed by atoms with Crippen LogP contribution in [0.3, 0.4) is 0 Å². The van der Waals surface area contributed by atoms with E-state index in [-0.39, 0.29) is 23.5 Å². The molecule has 98 valence electrons. The second-order valence-electron chi connectivity index (χ2n) is 4.51. The minimum Gasteiger partial charge on any atom is -0.481 e. The second kappa shape index (κ2) is 4.57. The molecule has 2 rings (SSSR count). The van der Waals surface area contributed by atoms with Gasteiger partial charge in [-0.25, -0.2) is 0 Å². The van der Waals surface area contributed by atoms with Crippen LogP contribution in [0.2, 0.25) is 0 Å². The van der Waals surface area contributed by atoms with E-state index in [1.807, 2.05) is 0 Å². The molecule has 2 N–H and O–H groups in total. The Hall–Kier alpha value is -2.62. The van der Waals surface area contributed by atoms with Crippen molar-refractivity contribution in [2.45, 2.75) is 12.8 Å². The highest BCUT2D eigenvalue weighted by atomic mass is 16.6. The molecule has 1 aromatic carbocycles. The Morgan fingerprint density at radius 1 is 1.58 bits per heavy atom. The summed E-state index contributed by atoms with van der Waals surface area (Å²) in [6, 6.07) is 6.10. The number of nitrogens with one attached hydrogen (secondary N) is 1. The quantitative estimate of drug-likeness (QED) is 0.616. The normalized spacial score (nSPS) is 15.3. The van der Waals surface area contributed by atoms with Gasteiger partial charge in [0.25, 0.3) is 0 Å². The van der Waals surface area contributed by atoms with Gasteiger partial charge in [-0.1, -0.05) is 6.07 Å². The Kier molecular flexibility index (Phi) is 3.09. The number of carbonyl (C=O) groups is 1. The van der Waals surface area contributed by atoms with Gasteiger partial charge >= 0.3 is 11.7 Å². The highest BCUT2D eigenvalue weighted by Gasteiger charge is 2.50. The van der Waals surface area contributed by atoms with E-state index >= 15 is 0 Å². The van der Waals surface area contributed by atoms with Crippen molar-refractivity contribution in [1.82, 2.24) is 0 Å². The van der Waals surface area contributed by atoms with Crippen molar-refractivity contribution < 1.29 is 14.8 Å². The lowest BCUT2D eigenvalue weighted by Gasteiger charge is -2.12. The van der Waals surface area contributed by atoms with Crippen LogP contribution >= 0.6 is 0 Å². The molecule has 7 heteroatoms. The fourth-order valence-corrected chi connectivity index (χ4v) is 1.85. The van der Waals surface area contributed by atoms with Crippen LogP contribution in [0.15, 0.2) is 18.2 Å². The number of carboxylic acid groups (broad SMARTS) is 1. The van der Waals surface area contributed by atoms with E-state index in [4.69, 9.17) is 10.4 Å². The summed E-state index contributed by atoms with van der Waals surface area (Å²) in [6.45, 7) is 0.123. The lowest BCUT2D eigenvalue weighted by Crippen LogP contribution is -2.24. The summed E-state index contributed by atoms with van der Waals surface area (Å²) in [6.07, 6.45) is 1.11. The van der Waals surface area contributed by atoms with E-state index in [9.17, 15) is 14.9 Å². The average molecular weight is 261 g/mol. The first-order valence-electron chi connectivity index (χ1n) is 5.65. The summed E-state index contributed by atoms with van der Waals surface area (Å²) in [5.41, 5.74) is -1.01. The molecule has 1 fully saturated rings. The molecule has 0 atom stereocenters. The van der Waals surface area contributed by atoms with Crippen molar-refractivity contribution in [1.29, 1.82) is 5.26 Å². The molecule has 0 bridgehead atoms. The SMILES string of the molecule is N#Cc1cccc(NCC2(C(=O)O)CC2)c1[N+](=O)[O-]. The largest absolute Gasteiger partial charge is 0.481 e. The topological polar surface area (TPSA) is 116 Å². The first-order chi connectivity index (χ1) is 9.00. The minimum absolute atomic E-state index is 0.0461. The predicted molar refractivity (Wildman–Crippen MR) is 65.6 cm³/mol. The van der Waals surface area contributed by atoms with Crippen LogP contribution in [0.5, 0.6) is 0 Å². The van der Waals surface area contributed by atoms with Gasteiger partial charge in [-0.2, -0.15) is 5.26 Å². The van der Waals surface area contributed by atoms with Gasteiger partial charge in [0.2, 0.25) is 0 Å². The van der Waals surface area contributed by atoms with Crippen molar-refractivity contribution in [3.8, 4) is 6.07 Å². The summed E-state index contributed by atoms with van der Waals surface area (Å²) in [5, 5.41) is 31.6. The Morgan fingerprint density at radius 3 is 2.74 bits per heavy atom. The number of nitro benzene ring substituents is 1. The van der Waals surface area contributed by atoms with Crippen LogP contribution in [0.1, 0.15) is 18.4 Å². The number of para-hydroxylation sites is 1. The number of nitrogens with zero attached hydrogens (tertiary/aromatic N) is 2. The molecular formula is C12H11N3O4. The van der Waals surface area contributed by atoms with Crippen molar-refractivity contribution in [3.63, 3.8) is 0 Å². The summed E-state index contributed by atoms with van der Waals surface area (Å²) in [7, 11) is 0. The number of rotatable bonds is 5. The zero-order valence-corrected chi connectivity index (χ0v) is 9.92. The number of anilines is 1. The van der Waals surface area contributed by atoms with Crippen LogP contribution in [0, 0.1) is 26.9 Å². The molecule has 1 aliphatic carbocycles. The predicted octanol–water partition coefficient (Wildman–Crippen LogP) is 1.74. The first-order valence-corrected chi connectivity index (χ1v) is 5.65.